The van der Waals surface area contributed by atoms with Crippen molar-refractivity contribution < 1.29 is 29.7 Å². The Bertz CT molecular complexity index is 360. The molecule has 8 heteroatoms. The lowest BCUT2D eigenvalue weighted by Gasteiger charge is -2.27. The predicted octanol–water partition coefficient (Wildman–Crippen LogP) is -0.239. The van der Waals surface area contributed by atoms with E-state index in [0.29, 0.717) is 13.0 Å². The minimum absolute atomic E-state index is 0.0767. The van der Waals surface area contributed by atoms with Crippen LogP contribution in [-0.2, 0) is 14.4 Å². The minimum Gasteiger partial charge on any atom is -0.473 e. The van der Waals surface area contributed by atoms with Crippen molar-refractivity contribution in [3.05, 3.63) is 0 Å². The molecule has 8 nitrogen and oxygen atoms in total. The number of carboxylic acid groups (broad SMARTS) is 2. The summed E-state index contributed by atoms with van der Waals surface area (Å²) in [5.41, 5.74) is 0. The monoisotopic (exact) mass is 318 g/mol. The lowest BCUT2D eigenvalue weighted by Crippen LogP contribution is -2.35. The van der Waals surface area contributed by atoms with E-state index in [9.17, 15) is 9.90 Å². The third-order valence-electron chi connectivity index (χ3n) is 3.38. The Kier molecular flexibility index (Phi) is 10.1. The molecule has 1 aliphatic carbocycles. The fourth-order valence-corrected chi connectivity index (χ4v) is 2.16. The van der Waals surface area contributed by atoms with Crippen LogP contribution in [0.3, 0.4) is 0 Å². The standard InChI is InChI=1S/C12H24N2O2.C2H2O4/c1-14(2)8-7-13-12(16)9-10-5-3-4-6-11(10)15;3-1(4)2(5)6/h10-11,15H,3-9H2,1-2H3,(H,13,16);(H,3,4)(H,5,6)/t10-,11+;/m0./s1. The molecule has 4 N–H and O–H groups in total. The SMILES string of the molecule is CN(C)CCNC(=O)C[C@@H]1CCCC[C@H]1O.O=C(O)C(=O)O. The molecule has 128 valence electrons. The molecule has 0 spiro atoms. The molecule has 0 aromatic heterocycles. The van der Waals surface area contributed by atoms with Crippen LogP contribution in [0, 0.1) is 5.92 Å². The van der Waals surface area contributed by atoms with Crippen LogP contribution in [0.1, 0.15) is 32.1 Å². The maximum Gasteiger partial charge on any atom is 0.414 e. The number of carbonyl (C=O) groups excluding carboxylic acids is 1. The van der Waals surface area contributed by atoms with Gasteiger partial charge in [-0.1, -0.05) is 12.8 Å². The zero-order valence-electron chi connectivity index (χ0n) is 13.1. The molecular formula is C14H26N2O6. The van der Waals surface area contributed by atoms with Crippen LogP contribution in [0.15, 0.2) is 0 Å². The lowest BCUT2D eigenvalue weighted by atomic mass is 9.84. The van der Waals surface area contributed by atoms with E-state index in [-0.39, 0.29) is 17.9 Å². The van der Waals surface area contributed by atoms with Crippen molar-refractivity contribution in [2.75, 3.05) is 27.2 Å². The average Bonchev–Trinajstić information content (AvgIpc) is 2.41. The molecule has 0 radical (unpaired) electrons. The number of nitrogens with zero attached hydrogens (tertiary/aromatic N) is 1. The van der Waals surface area contributed by atoms with E-state index in [1.54, 1.807) is 0 Å². The Morgan fingerprint density at radius 2 is 1.64 bits per heavy atom. The van der Waals surface area contributed by atoms with Gasteiger partial charge in [-0.15, -0.1) is 0 Å². The van der Waals surface area contributed by atoms with Gasteiger partial charge in [0.15, 0.2) is 0 Å². The molecule has 22 heavy (non-hydrogen) atoms. The highest BCUT2D eigenvalue weighted by atomic mass is 16.4. The van der Waals surface area contributed by atoms with Crippen LogP contribution in [0.5, 0.6) is 0 Å². The molecule has 0 unspecified atom stereocenters. The van der Waals surface area contributed by atoms with E-state index in [2.05, 4.69) is 5.32 Å². The summed E-state index contributed by atoms with van der Waals surface area (Å²) in [6, 6.07) is 0. The molecule has 0 aliphatic heterocycles. The largest absolute Gasteiger partial charge is 0.473 e. The normalized spacial score (nSPS) is 20.7. The summed E-state index contributed by atoms with van der Waals surface area (Å²) in [4.78, 5) is 31.8. The van der Waals surface area contributed by atoms with Gasteiger partial charge in [-0.25, -0.2) is 9.59 Å². The highest BCUT2D eigenvalue weighted by molar-refractivity contribution is 6.27. The molecule has 1 amide bonds. The van der Waals surface area contributed by atoms with Gasteiger partial charge < -0.3 is 25.5 Å². The number of aliphatic hydroxyl groups excluding tert-OH is 1. The van der Waals surface area contributed by atoms with E-state index in [1.807, 2.05) is 19.0 Å². The lowest BCUT2D eigenvalue weighted by molar-refractivity contribution is -0.159. The number of aliphatic hydroxyl groups is 1. The topological polar surface area (TPSA) is 127 Å². The quantitative estimate of drug-likeness (QED) is 0.515. The Balaban J connectivity index is 0.000000626. The van der Waals surface area contributed by atoms with Crippen LogP contribution < -0.4 is 5.32 Å². The molecule has 0 saturated heterocycles. The predicted molar refractivity (Wildman–Crippen MR) is 79.4 cm³/mol. The first-order valence-electron chi connectivity index (χ1n) is 7.29. The number of amides is 1. The smallest absolute Gasteiger partial charge is 0.414 e. The molecule has 0 aromatic rings. The van der Waals surface area contributed by atoms with Crippen molar-refractivity contribution in [2.45, 2.75) is 38.2 Å². The van der Waals surface area contributed by atoms with Crippen molar-refractivity contribution in [3.63, 3.8) is 0 Å². The van der Waals surface area contributed by atoms with Gasteiger partial charge in [-0.2, -0.15) is 0 Å². The number of hydrogen-bond acceptors (Lipinski definition) is 5. The number of nitrogens with one attached hydrogen (secondary N) is 1. The van der Waals surface area contributed by atoms with E-state index >= 15 is 0 Å². The summed E-state index contributed by atoms with van der Waals surface area (Å²) >= 11 is 0. The molecule has 1 rings (SSSR count). The van der Waals surface area contributed by atoms with Crippen molar-refractivity contribution in [3.8, 4) is 0 Å². The van der Waals surface area contributed by atoms with Gasteiger partial charge >= 0.3 is 11.9 Å². The molecule has 0 aromatic carbocycles. The molecular weight excluding hydrogens is 292 g/mol. The van der Waals surface area contributed by atoms with Crippen molar-refractivity contribution in [1.29, 1.82) is 0 Å². The molecule has 2 atom stereocenters. The number of carboxylic acids is 2. The summed E-state index contributed by atoms with van der Waals surface area (Å²) in [7, 11) is 3.97. The maximum absolute atomic E-state index is 11.6. The highest BCUT2D eigenvalue weighted by Gasteiger charge is 2.24. The van der Waals surface area contributed by atoms with Crippen molar-refractivity contribution in [2.24, 2.45) is 5.92 Å². The summed E-state index contributed by atoms with van der Waals surface area (Å²) < 4.78 is 0. The van der Waals surface area contributed by atoms with E-state index in [0.717, 1.165) is 32.2 Å². The first kappa shape index (κ1) is 20.3. The number of hydrogen-bond donors (Lipinski definition) is 4. The Labute approximate surface area is 130 Å². The van der Waals surface area contributed by atoms with Gasteiger partial charge in [-0.3, -0.25) is 4.79 Å². The second-order valence-corrected chi connectivity index (χ2v) is 5.58. The Morgan fingerprint density at radius 1 is 1.09 bits per heavy atom. The summed E-state index contributed by atoms with van der Waals surface area (Å²) in [6.07, 6.45) is 4.30. The Hall–Kier alpha value is -1.67. The first-order chi connectivity index (χ1) is 10.2. The number of rotatable bonds is 5. The van der Waals surface area contributed by atoms with Crippen LogP contribution in [0.25, 0.3) is 0 Å². The summed E-state index contributed by atoms with van der Waals surface area (Å²) in [6.45, 7) is 1.55. The van der Waals surface area contributed by atoms with Crippen LogP contribution in [0.2, 0.25) is 0 Å². The highest BCUT2D eigenvalue weighted by Crippen LogP contribution is 2.26. The minimum atomic E-state index is -1.82. The zero-order chi connectivity index (χ0) is 17.1. The van der Waals surface area contributed by atoms with E-state index in [4.69, 9.17) is 19.8 Å². The fraction of sp³-hybridized carbons (Fsp3) is 0.786. The van der Waals surface area contributed by atoms with Gasteiger partial charge in [0.2, 0.25) is 5.91 Å². The number of likely N-dealkylation sites (N-methyl/N-ethyl adjacent to an activating group) is 1. The van der Waals surface area contributed by atoms with Crippen molar-refractivity contribution in [1.82, 2.24) is 10.2 Å². The third kappa shape index (κ3) is 10.1. The van der Waals surface area contributed by atoms with Gasteiger partial charge in [0.25, 0.3) is 0 Å². The van der Waals surface area contributed by atoms with Gasteiger partial charge in [0.1, 0.15) is 0 Å². The molecule has 1 saturated carbocycles. The average molecular weight is 318 g/mol. The summed E-state index contributed by atoms with van der Waals surface area (Å²) in [5.74, 6) is -3.40. The van der Waals surface area contributed by atoms with Gasteiger partial charge in [0, 0.05) is 19.5 Å². The number of aliphatic carboxylic acids is 2. The number of carbonyl (C=O) groups is 3. The first-order valence-corrected chi connectivity index (χ1v) is 7.29. The second kappa shape index (κ2) is 11.0. The van der Waals surface area contributed by atoms with E-state index in [1.165, 1.54) is 0 Å². The van der Waals surface area contributed by atoms with E-state index < -0.39 is 11.9 Å². The molecule has 1 aliphatic rings. The van der Waals surface area contributed by atoms with Crippen LogP contribution in [0.4, 0.5) is 0 Å². The zero-order valence-corrected chi connectivity index (χ0v) is 13.1. The third-order valence-corrected chi connectivity index (χ3v) is 3.38. The summed E-state index contributed by atoms with van der Waals surface area (Å²) in [5, 5.41) is 27.4. The molecule has 0 heterocycles. The van der Waals surface area contributed by atoms with Crippen molar-refractivity contribution >= 4 is 17.8 Å². The molecule has 1 fully saturated rings. The second-order valence-electron chi connectivity index (χ2n) is 5.58. The maximum atomic E-state index is 11.6. The fourth-order valence-electron chi connectivity index (χ4n) is 2.16. The van der Waals surface area contributed by atoms with Crippen LogP contribution in [-0.4, -0.2) is 71.4 Å². The van der Waals surface area contributed by atoms with Crippen LogP contribution >= 0.6 is 0 Å². The molecule has 0 bridgehead atoms. The van der Waals surface area contributed by atoms with Gasteiger partial charge in [-0.05, 0) is 32.9 Å². The van der Waals surface area contributed by atoms with Gasteiger partial charge in [0.05, 0.1) is 6.10 Å². The Morgan fingerprint density at radius 3 is 2.09 bits per heavy atom.